The molecule has 0 rings (SSSR count). The molecule has 3 heteroatoms. The third-order valence-electron chi connectivity index (χ3n) is 12.1. The second kappa shape index (κ2) is 53.4. The van der Waals surface area contributed by atoms with Crippen molar-refractivity contribution < 1.29 is 9.90 Å². The molecule has 55 heavy (non-hydrogen) atoms. The summed E-state index contributed by atoms with van der Waals surface area (Å²) >= 11 is 0. The highest BCUT2D eigenvalue weighted by Crippen LogP contribution is 2.16. The van der Waals surface area contributed by atoms with Crippen molar-refractivity contribution in [1.29, 1.82) is 0 Å². The van der Waals surface area contributed by atoms with E-state index in [1.807, 2.05) is 0 Å². The number of hydrogen-bond acceptors (Lipinski definition) is 2. The zero-order chi connectivity index (χ0) is 40.4. The highest BCUT2D eigenvalue weighted by Gasteiger charge is 2.03. The number of aliphatic carboxylic acids is 1. The summed E-state index contributed by atoms with van der Waals surface area (Å²) in [7, 11) is 0. The fraction of sp³-hybridized carbons (Fsp3) is 0.981. The molecule has 0 aliphatic heterocycles. The smallest absolute Gasteiger partial charge is 0.303 e. The molecule has 0 unspecified atom stereocenters. The quantitative estimate of drug-likeness (QED) is 0.0626. The largest absolute Gasteiger partial charge is 0.481 e. The van der Waals surface area contributed by atoms with Gasteiger partial charge in [0.2, 0.25) is 0 Å². The van der Waals surface area contributed by atoms with E-state index in [0.29, 0.717) is 6.42 Å². The number of carboxylic acid groups (broad SMARTS) is 1. The Hall–Kier alpha value is -0.570. The maximum absolute atomic E-state index is 10.3. The van der Waals surface area contributed by atoms with Gasteiger partial charge in [-0.2, -0.15) is 0 Å². The fourth-order valence-electron chi connectivity index (χ4n) is 8.14. The Balaban J connectivity index is 0. The summed E-state index contributed by atoms with van der Waals surface area (Å²) < 4.78 is 0. The van der Waals surface area contributed by atoms with Crippen molar-refractivity contribution >= 4 is 5.97 Å². The third kappa shape index (κ3) is 55.6. The number of unbranched alkanes of at least 4 members (excludes halogenated alkanes) is 40. The molecule has 0 radical (unpaired) electrons. The van der Waals surface area contributed by atoms with Gasteiger partial charge in [0, 0.05) is 6.42 Å². The standard InChI is InChI=1S/C38H79N.C14H28O2/c1-4-7-9-11-13-15-17-19-21-23-25-27-29-31-33-35-37-39(6-3)38-36-34-32-30-28-26-24-22-20-18-16-14-12-10-8-5-2;1-2-3-4-5-6-7-8-9-10-11-12-13-14(15)16/h4-38H2,1-3H3;2-13H2,1H3,(H,15,16). The monoisotopic (exact) mass is 778 g/mol. The van der Waals surface area contributed by atoms with Gasteiger partial charge in [-0.1, -0.05) is 285 Å². The van der Waals surface area contributed by atoms with Gasteiger partial charge in [0.25, 0.3) is 0 Å². The van der Waals surface area contributed by atoms with Crippen LogP contribution in [0.5, 0.6) is 0 Å². The van der Waals surface area contributed by atoms with Crippen LogP contribution >= 0.6 is 0 Å². The minimum atomic E-state index is -0.657. The lowest BCUT2D eigenvalue weighted by Gasteiger charge is -2.20. The number of nitrogens with zero attached hydrogens (tertiary/aromatic N) is 1. The molecule has 0 bridgehead atoms. The van der Waals surface area contributed by atoms with Crippen LogP contribution in [0.25, 0.3) is 0 Å². The van der Waals surface area contributed by atoms with Gasteiger partial charge in [0.05, 0.1) is 0 Å². The van der Waals surface area contributed by atoms with Crippen molar-refractivity contribution in [2.75, 3.05) is 19.6 Å². The van der Waals surface area contributed by atoms with Gasteiger partial charge in [-0.15, -0.1) is 0 Å². The number of rotatable bonds is 47. The molecule has 0 atom stereocenters. The number of carbonyl (C=O) groups is 1. The van der Waals surface area contributed by atoms with Gasteiger partial charge in [0.1, 0.15) is 0 Å². The SMILES string of the molecule is CCCCCCCCCCCCCC(=O)O.CCCCCCCCCCCCCCCCCCN(CC)CCCCCCCCCCCCCCCCCC. The Labute approximate surface area is 349 Å². The molecule has 0 fully saturated rings. The highest BCUT2D eigenvalue weighted by atomic mass is 16.4. The van der Waals surface area contributed by atoms with Gasteiger partial charge in [-0.25, -0.2) is 0 Å². The third-order valence-corrected chi connectivity index (χ3v) is 12.1. The first-order chi connectivity index (χ1) is 27.1. The van der Waals surface area contributed by atoms with E-state index in [-0.39, 0.29) is 0 Å². The van der Waals surface area contributed by atoms with Crippen LogP contribution in [0.3, 0.4) is 0 Å². The maximum Gasteiger partial charge on any atom is 0.303 e. The molecule has 0 amide bonds. The number of hydrogen-bond donors (Lipinski definition) is 1. The summed E-state index contributed by atoms with van der Waals surface area (Å²) in [5.41, 5.74) is 0. The predicted octanol–water partition coefficient (Wildman–Crippen LogP) is 18.6. The van der Waals surface area contributed by atoms with E-state index in [0.717, 1.165) is 12.8 Å². The number of carboxylic acids is 1. The van der Waals surface area contributed by atoms with E-state index < -0.39 is 5.97 Å². The first kappa shape index (κ1) is 56.5. The molecule has 1 N–H and O–H groups in total. The maximum atomic E-state index is 10.3. The first-order valence-electron chi connectivity index (χ1n) is 26.1. The normalized spacial score (nSPS) is 11.4. The Morgan fingerprint density at radius 3 is 0.655 bits per heavy atom. The minimum Gasteiger partial charge on any atom is -0.481 e. The molecule has 0 saturated heterocycles. The van der Waals surface area contributed by atoms with E-state index in [9.17, 15) is 4.79 Å². The second-order valence-electron chi connectivity index (χ2n) is 17.7. The Morgan fingerprint density at radius 2 is 0.473 bits per heavy atom. The highest BCUT2D eigenvalue weighted by molar-refractivity contribution is 5.66. The zero-order valence-electron chi connectivity index (χ0n) is 39.0. The van der Waals surface area contributed by atoms with Gasteiger partial charge in [-0.3, -0.25) is 4.79 Å². The van der Waals surface area contributed by atoms with Gasteiger partial charge in [0.15, 0.2) is 0 Å². The van der Waals surface area contributed by atoms with Gasteiger partial charge >= 0.3 is 5.97 Å². The summed E-state index contributed by atoms with van der Waals surface area (Å²) in [5.74, 6) is -0.657. The van der Waals surface area contributed by atoms with Crippen LogP contribution in [0.15, 0.2) is 0 Å². The lowest BCUT2D eigenvalue weighted by atomic mass is 10.0. The van der Waals surface area contributed by atoms with Crippen molar-refractivity contribution in [3.05, 3.63) is 0 Å². The summed E-state index contributed by atoms with van der Waals surface area (Å²) in [6.07, 6.45) is 61.2. The van der Waals surface area contributed by atoms with E-state index >= 15 is 0 Å². The zero-order valence-corrected chi connectivity index (χ0v) is 39.0. The first-order valence-corrected chi connectivity index (χ1v) is 26.1. The van der Waals surface area contributed by atoms with E-state index in [4.69, 9.17) is 5.11 Å². The molecule has 0 aromatic rings. The van der Waals surface area contributed by atoms with E-state index in [2.05, 4.69) is 32.6 Å². The van der Waals surface area contributed by atoms with Crippen LogP contribution in [0, 0.1) is 0 Å². The molecular formula is C52H107NO2. The van der Waals surface area contributed by atoms with Crippen LogP contribution in [0.1, 0.15) is 310 Å². The van der Waals surface area contributed by atoms with Crippen LogP contribution in [0.2, 0.25) is 0 Å². The van der Waals surface area contributed by atoms with Crippen molar-refractivity contribution in [1.82, 2.24) is 4.90 Å². The molecule has 0 heterocycles. The average molecular weight is 778 g/mol. The van der Waals surface area contributed by atoms with Crippen LogP contribution < -0.4 is 0 Å². The average Bonchev–Trinajstić information content (AvgIpc) is 3.19. The molecule has 0 aliphatic rings. The van der Waals surface area contributed by atoms with Crippen LogP contribution in [0.4, 0.5) is 0 Å². The van der Waals surface area contributed by atoms with E-state index in [1.54, 1.807) is 0 Å². The Morgan fingerprint density at radius 1 is 0.291 bits per heavy atom. The fourth-order valence-corrected chi connectivity index (χ4v) is 8.14. The summed E-state index contributed by atoms with van der Waals surface area (Å²) in [6, 6.07) is 0. The molecule has 332 valence electrons. The van der Waals surface area contributed by atoms with Gasteiger partial charge < -0.3 is 10.0 Å². The lowest BCUT2D eigenvalue weighted by Crippen LogP contribution is -2.25. The molecule has 0 aliphatic carbocycles. The van der Waals surface area contributed by atoms with Gasteiger partial charge in [-0.05, 0) is 38.9 Å². The topological polar surface area (TPSA) is 40.5 Å². The Bertz CT molecular complexity index is 630. The van der Waals surface area contributed by atoms with Crippen LogP contribution in [-0.4, -0.2) is 35.6 Å². The van der Waals surface area contributed by atoms with Crippen molar-refractivity contribution in [3.63, 3.8) is 0 Å². The van der Waals surface area contributed by atoms with Crippen LogP contribution in [-0.2, 0) is 4.79 Å². The molecule has 0 aromatic heterocycles. The lowest BCUT2D eigenvalue weighted by molar-refractivity contribution is -0.137. The summed E-state index contributed by atoms with van der Waals surface area (Å²) in [6.45, 7) is 13.2. The molecular weight excluding hydrogens is 671 g/mol. The molecule has 3 nitrogen and oxygen atoms in total. The molecule has 0 aromatic carbocycles. The molecule has 0 saturated carbocycles. The van der Waals surface area contributed by atoms with E-state index in [1.165, 1.54) is 283 Å². The summed E-state index contributed by atoms with van der Waals surface area (Å²) in [5, 5.41) is 8.46. The van der Waals surface area contributed by atoms with Crippen molar-refractivity contribution in [2.45, 2.75) is 310 Å². The Kier molecular flexibility index (Phi) is 54.9. The molecule has 0 spiro atoms. The van der Waals surface area contributed by atoms with Crippen molar-refractivity contribution in [2.24, 2.45) is 0 Å². The summed E-state index contributed by atoms with van der Waals surface area (Å²) in [4.78, 5) is 13.0. The second-order valence-corrected chi connectivity index (χ2v) is 17.7. The minimum absolute atomic E-state index is 0.344. The van der Waals surface area contributed by atoms with Crippen molar-refractivity contribution in [3.8, 4) is 0 Å². The predicted molar refractivity (Wildman–Crippen MR) is 250 cm³/mol.